The van der Waals surface area contributed by atoms with Crippen molar-refractivity contribution in [3.8, 4) is 0 Å². The number of halogens is 1. The SMILES string of the molecule is Cc1[nH]c2ccccc2c1[C@H]1[C@H]2C(=O)N(c3ccc(F)cc3)C(=O)[C@@H]2ON1c1ccccc1. The lowest BCUT2D eigenvalue weighted by Crippen LogP contribution is -2.37. The Hall–Kier alpha value is -3.97. The van der Waals surface area contributed by atoms with Gasteiger partial charge in [0.2, 0.25) is 5.91 Å². The van der Waals surface area contributed by atoms with Gasteiger partial charge in [-0.2, -0.15) is 0 Å². The van der Waals surface area contributed by atoms with Gasteiger partial charge in [-0.3, -0.25) is 14.4 Å². The summed E-state index contributed by atoms with van der Waals surface area (Å²) in [4.78, 5) is 37.8. The first kappa shape index (κ1) is 19.7. The van der Waals surface area contributed by atoms with Crippen LogP contribution in [0.1, 0.15) is 17.3 Å². The van der Waals surface area contributed by atoms with Gasteiger partial charge in [-0.05, 0) is 49.4 Å². The van der Waals surface area contributed by atoms with Crippen LogP contribution in [0.25, 0.3) is 10.9 Å². The number of benzene rings is 3. The van der Waals surface area contributed by atoms with E-state index in [-0.39, 0.29) is 5.91 Å². The Morgan fingerprint density at radius 2 is 1.55 bits per heavy atom. The standard InChI is InChI=1S/C26H20FN3O3/c1-15-21(19-9-5-6-10-20(19)28-15)23-22-24(33-30(23)18-7-3-2-4-8-18)26(32)29(25(22)31)17-13-11-16(27)12-14-17/h2-14,22-24,28H,1H3/t22-,23+,24-/m1/s1. The molecule has 33 heavy (non-hydrogen) atoms. The molecule has 0 spiro atoms. The Morgan fingerprint density at radius 3 is 2.30 bits per heavy atom. The molecule has 4 aromatic rings. The van der Waals surface area contributed by atoms with E-state index in [4.69, 9.17) is 4.84 Å². The highest BCUT2D eigenvalue weighted by atomic mass is 19.1. The smallest absolute Gasteiger partial charge is 0.266 e. The van der Waals surface area contributed by atoms with Gasteiger partial charge in [0, 0.05) is 22.2 Å². The Kier molecular flexibility index (Phi) is 4.35. The van der Waals surface area contributed by atoms with Crippen molar-refractivity contribution in [2.24, 2.45) is 5.92 Å². The highest BCUT2D eigenvalue weighted by molar-refractivity contribution is 6.24. The Morgan fingerprint density at radius 1 is 0.848 bits per heavy atom. The summed E-state index contributed by atoms with van der Waals surface area (Å²) >= 11 is 0. The molecule has 0 saturated carbocycles. The first-order valence-electron chi connectivity index (χ1n) is 10.8. The molecule has 2 aliphatic heterocycles. The number of carbonyl (C=O) groups excluding carboxylic acids is 2. The van der Waals surface area contributed by atoms with Gasteiger partial charge in [-0.1, -0.05) is 36.4 Å². The minimum absolute atomic E-state index is 0.338. The zero-order valence-corrected chi connectivity index (χ0v) is 17.7. The number of anilines is 2. The fraction of sp³-hybridized carbons (Fsp3) is 0.154. The summed E-state index contributed by atoms with van der Waals surface area (Å²) in [5.41, 5.74) is 3.88. The molecular formula is C26H20FN3O3. The normalized spacial score (nSPS) is 22.4. The van der Waals surface area contributed by atoms with Gasteiger partial charge in [0.1, 0.15) is 11.7 Å². The average Bonchev–Trinajstić information content (AvgIpc) is 3.44. The van der Waals surface area contributed by atoms with Crippen LogP contribution in [-0.2, 0) is 14.4 Å². The summed E-state index contributed by atoms with van der Waals surface area (Å²) < 4.78 is 13.5. The number of amides is 2. The summed E-state index contributed by atoms with van der Waals surface area (Å²) in [6, 6.07) is 22.2. The lowest BCUT2D eigenvalue weighted by Gasteiger charge is -2.29. The molecule has 7 heteroatoms. The highest BCUT2D eigenvalue weighted by Gasteiger charge is 2.60. The van der Waals surface area contributed by atoms with Crippen LogP contribution in [0, 0.1) is 18.7 Å². The van der Waals surface area contributed by atoms with Crippen molar-refractivity contribution < 1.29 is 18.8 Å². The van der Waals surface area contributed by atoms with Crippen LogP contribution in [-0.4, -0.2) is 22.9 Å². The molecule has 3 aromatic carbocycles. The van der Waals surface area contributed by atoms with Gasteiger partial charge in [-0.25, -0.2) is 14.4 Å². The summed E-state index contributed by atoms with van der Waals surface area (Å²) in [6.07, 6.45) is -0.971. The molecule has 2 amide bonds. The number of carbonyl (C=O) groups is 2. The second-order valence-corrected chi connectivity index (χ2v) is 8.36. The van der Waals surface area contributed by atoms with Crippen molar-refractivity contribution in [3.63, 3.8) is 0 Å². The number of hydrogen-bond acceptors (Lipinski definition) is 4. The summed E-state index contributed by atoms with van der Waals surface area (Å²) in [6.45, 7) is 1.96. The van der Waals surface area contributed by atoms with E-state index in [2.05, 4.69) is 4.98 Å². The van der Waals surface area contributed by atoms with Gasteiger partial charge in [-0.15, -0.1) is 0 Å². The zero-order valence-electron chi connectivity index (χ0n) is 17.7. The summed E-state index contributed by atoms with van der Waals surface area (Å²) in [5, 5.41) is 2.67. The van der Waals surface area contributed by atoms with Gasteiger partial charge in [0.05, 0.1) is 17.4 Å². The summed E-state index contributed by atoms with van der Waals surface area (Å²) in [5.74, 6) is -1.99. The Balaban J connectivity index is 1.51. The van der Waals surface area contributed by atoms with Gasteiger partial charge < -0.3 is 4.98 Å². The van der Waals surface area contributed by atoms with E-state index >= 15 is 0 Å². The van der Waals surface area contributed by atoms with Crippen molar-refractivity contribution in [3.05, 3.63) is 95.9 Å². The molecule has 1 N–H and O–H groups in total. The molecule has 2 fully saturated rings. The lowest BCUT2D eigenvalue weighted by atomic mass is 9.89. The molecule has 6 nitrogen and oxygen atoms in total. The van der Waals surface area contributed by atoms with Crippen LogP contribution in [0.15, 0.2) is 78.9 Å². The zero-order chi connectivity index (χ0) is 22.7. The first-order valence-corrected chi connectivity index (χ1v) is 10.8. The van der Waals surface area contributed by atoms with E-state index in [0.717, 1.165) is 32.7 Å². The van der Waals surface area contributed by atoms with Gasteiger partial charge in [0.25, 0.3) is 5.91 Å². The fourth-order valence-electron chi connectivity index (χ4n) is 5.03. The number of hydroxylamine groups is 1. The average molecular weight is 441 g/mol. The Bertz CT molecular complexity index is 1380. The highest BCUT2D eigenvalue weighted by Crippen LogP contribution is 2.49. The number of rotatable bonds is 3. The maximum absolute atomic E-state index is 13.7. The van der Waals surface area contributed by atoms with E-state index in [0.29, 0.717) is 5.69 Å². The van der Waals surface area contributed by atoms with E-state index in [1.54, 1.807) is 5.06 Å². The topological polar surface area (TPSA) is 65.6 Å². The monoisotopic (exact) mass is 441 g/mol. The van der Waals surface area contributed by atoms with Crippen LogP contribution in [0.5, 0.6) is 0 Å². The van der Waals surface area contributed by atoms with E-state index in [9.17, 15) is 14.0 Å². The van der Waals surface area contributed by atoms with Crippen LogP contribution >= 0.6 is 0 Å². The minimum atomic E-state index is -0.971. The van der Waals surface area contributed by atoms with Gasteiger partial charge in [0.15, 0.2) is 6.10 Å². The number of nitrogens with one attached hydrogen (secondary N) is 1. The fourth-order valence-corrected chi connectivity index (χ4v) is 5.03. The summed E-state index contributed by atoms with van der Waals surface area (Å²) in [7, 11) is 0. The second-order valence-electron chi connectivity index (χ2n) is 8.36. The molecule has 0 aliphatic carbocycles. The molecule has 3 heterocycles. The molecule has 3 atom stereocenters. The third-order valence-electron chi connectivity index (χ3n) is 6.45. The van der Waals surface area contributed by atoms with Crippen LogP contribution in [0.4, 0.5) is 15.8 Å². The molecular weight excluding hydrogens is 421 g/mol. The third kappa shape index (κ3) is 2.89. The number of aromatic amines is 1. The molecule has 2 aliphatic rings. The van der Waals surface area contributed by atoms with Crippen LogP contribution in [0.3, 0.4) is 0 Å². The number of aromatic nitrogens is 1. The molecule has 6 rings (SSSR count). The number of para-hydroxylation sites is 2. The van der Waals surface area contributed by atoms with Crippen LogP contribution in [0.2, 0.25) is 0 Å². The number of fused-ring (bicyclic) bond motifs is 2. The maximum Gasteiger partial charge on any atom is 0.266 e. The first-order chi connectivity index (χ1) is 16.0. The lowest BCUT2D eigenvalue weighted by molar-refractivity contribution is -0.126. The molecule has 0 bridgehead atoms. The van der Waals surface area contributed by atoms with Crippen molar-refractivity contribution in [1.82, 2.24) is 4.98 Å². The molecule has 2 saturated heterocycles. The number of H-pyrrole nitrogens is 1. The number of imide groups is 1. The van der Waals surface area contributed by atoms with Crippen molar-refractivity contribution in [2.75, 3.05) is 9.96 Å². The Labute approximate surface area is 189 Å². The minimum Gasteiger partial charge on any atom is -0.358 e. The van der Waals surface area contributed by atoms with Gasteiger partial charge >= 0.3 is 0 Å². The molecule has 1 aromatic heterocycles. The molecule has 0 radical (unpaired) electrons. The van der Waals surface area contributed by atoms with E-state index in [1.165, 1.54) is 24.3 Å². The van der Waals surface area contributed by atoms with Crippen molar-refractivity contribution in [2.45, 2.75) is 19.1 Å². The van der Waals surface area contributed by atoms with Crippen molar-refractivity contribution >= 4 is 34.1 Å². The quantitative estimate of drug-likeness (QED) is 0.470. The maximum atomic E-state index is 13.7. The third-order valence-corrected chi connectivity index (χ3v) is 6.45. The number of aryl methyl sites for hydroxylation is 1. The van der Waals surface area contributed by atoms with Crippen LogP contribution < -0.4 is 9.96 Å². The largest absolute Gasteiger partial charge is 0.358 e. The molecule has 0 unspecified atom stereocenters. The number of hydrogen-bond donors (Lipinski definition) is 1. The van der Waals surface area contributed by atoms with Crippen molar-refractivity contribution in [1.29, 1.82) is 0 Å². The van der Waals surface area contributed by atoms with E-state index in [1.807, 2.05) is 61.5 Å². The number of nitrogens with zero attached hydrogens (tertiary/aromatic N) is 2. The second kappa shape index (κ2) is 7.28. The predicted octanol–water partition coefficient (Wildman–Crippen LogP) is 4.67. The van der Waals surface area contributed by atoms with E-state index < -0.39 is 29.8 Å². The predicted molar refractivity (Wildman–Crippen MR) is 122 cm³/mol. The molecule has 164 valence electrons.